The molecule has 24 heavy (non-hydrogen) atoms. The fourth-order valence-electron chi connectivity index (χ4n) is 3.11. The first kappa shape index (κ1) is 19.9. The van der Waals surface area contributed by atoms with Gasteiger partial charge in [0.2, 0.25) is 0 Å². The van der Waals surface area contributed by atoms with E-state index in [0.29, 0.717) is 12.6 Å². The number of likely N-dealkylation sites (tertiary alicyclic amines) is 1. The Hall–Kier alpha value is -0.410. The molecule has 0 atom stereocenters. The van der Waals surface area contributed by atoms with Gasteiger partial charge in [-0.1, -0.05) is 6.92 Å². The first-order valence-electron chi connectivity index (χ1n) is 9.00. The van der Waals surface area contributed by atoms with E-state index in [9.17, 15) is 0 Å². The van der Waals surface area contributed by atoms with E-state index in [1.54, 1.807) is 11.3 Å². The topological polar surface area (TPSA) is 52.6 Å². The Balaban J connectivity index is 0.00000208. The highest BCUT2D eigenvalue weighted by Crippen LogP contribution is 2.29. The minimum absolute atomic E-state index is 0. The second-order valence-electron chi connectivity index (χ2n) is 6.47. The summed E-state index contributed by atoms with van der Waals surface area (Å²) in [4.78, 5) is 12.0. The molecule has 1 aromatic heterocycles. The molecule has 0 amide bonds. The number of hydrogen-bond acceptors (Lipinski definition) is 4. The van der Waals surface area contributed by atoms with Crippen LogP contribution in [-0.4, -0.2) is 47.6 Å². The number of aromatic nitrogens is 1. The highest BCUT2D eigenvalue weighted by molar-refractivity contribution is 14.0. The molecular formula is C17H30IN5S. The maximum Gasteiger partial charge on any atom is 0.191 e. The molecule has 1 saturated carbocycles. The molecular weight excluding hydrogens is 433 g/mol. The standard InChI is InChI=1S/C17H29N5S.HI/c1-3-16-20-14(12-23-16)11-19-17(18-4-2)21-13-7-9-22(10-8-13)15-5-6-15;/h12-13,15H,3-11H2,1-2H3,(H2,18,19,21);1H. The second-order valence-corrected chi connectivity index (χ2v) is 7.41. The highest BCUT2D eigenvalue weighted by Gasteiger charge is 2.31. The van der Waals surface area contributed by atoms with Crippen LogP contribution in [-0.2, 0) is 13.0 Å². The summed E-state index contributed by atoms with van der Waals surface area (Å²) in [5.74, 6) is 0.934. The summed E-state index contributed by atoms with van der Waals surface area (Å²) in [6, 6.07) is 1.44. The van der Waals surface area contributed by atoms with Gasteiger partial charge in [0.1, 0.15) is 0 Å². The van der Waals surface area contributed by atoms with Crippen LogP contribution in [0.2, 0.25) is 0 Å². The molecule has 0 spiro atoms. The van der Waals surface area contributed by atoms with E-state index in [1.165, 1.54) is 43.8 Å². The number of aryl methyl sites for hydroxylation is 1. The molecule has 0 unspecified atom stereocenters. The van der Waals surface area contributed by atoms with Crippen LogP contribution in [0.5, 0.6) is 0 Å². The summed E-state index contributed by atoms with van der Waals surface area (Å²) in [6.07, 6.45) is 6.27. The lowest BCUT2D eigenvalue weighted by molar-refractivity contribution is 0.197. The van der Waals surface area contributed by atoms with Crippen molar-refractivity contribution >= 4 is 41.3 Å². The third kappa shape index (κ3) is 5.84. The first-order chi connectivity index (χ1) is 11.3. The Kier molecular flexibility index (Phi) is 8.22. The third-order valence-corrected chi connectivity index (χ3v) is 5.62. The van der Waals surface area contributed by atoms with Crippen LogP contribution in [0.1, 0.15) is 50.2 Å². The maximum atomic E-state index is 4.72. The van der Waals surface area contributed by atoms with E-state index in [4.69, 9.17) is 4.99 Å². The quantitative estimate of drug-likeness (QED) is 0.387. The van der Waals surface area contributed by atoms with Gasteiger partial charge in [0, 0.05) is 37.1 Å². The summed E-state index contributed by atoms with van der Waals surface area (Å²) in [6.45, 7) is 8.27. The van der Waals surface area contributed by atoms with Crippen molar-refractivity contribution in [3.8, 4) is 0 Å². The normalized spacial score (nSPS) is 19.8. The molecule has 136 valence electrons. The van der Waals surface area contributed by atoms with Gasteiger partial charge in [-0.3, -0.25) is 0 Å². The van der Waals surface area contributed by atoms with Crippen LogP contribution in [0.25, 0.3) is 0 Å². The lowest BCUT2D eigenvalue weighted by Gasteiger charge is -2.33. The van der Waals surface area contributed by atoms with Crippen LogP contribution >= 0.6 is 35.3 Å². The number of nitrogens with one attached hydrogen (secondary N) is 2. The summed E-state index contributed by atoms with van der Waals surface area (Å²) in [7, 11) is 0. The summed E-state index contributed by atoms with van der Waals surface area (Å²) in [5, 5.41) is 10.3. The summed E-state index contributed by atoms with van der Waals surface area (Å²) in [5.41, 5.74) is 1.08. The number of aliphatic imine (C=N–C) groups is 1. The number of piperidine rings is 1. The van der Waals surface area contributed by atoms with Crippen molar-refractivity contribution in [2.45, 2.75) is 64.6 Å². The largest absolute Gasteiger partial charge is 0.357 e. The number of rotatable bonds is 6. The predicted octanol–water partition coefficient (Wildman–Crippen LogP) is 3.01. The molecule has 1 saturated heterocycles. The zero-order valence-corrected chi connectivity index (χ0v) is 17.9. The average Bonchev–Trinajstić information content (AvgIpc) is 3.32. The molecule has 1 aliphatic carbocycles. The number of hydrogen-bond donors (Lipinski definition) is 2. The molecule has 0 bridgehead atoms. The van der Waals surface area contributed by atoms with Crippen molar-refractivity contribution in [2.75, 3.05) is 19.6 Å². The van der Waals surface area contributed by atoms with Crippen LogP contribution in [0, 0.1) is 0 Å². The fraction of sp³-hybridized carbons (Fsp3) is 0.765. The van der Waals surface area contributed by atoms with Gasteiger partial charge < -0.3 is 15.5 Å². The van der Waals surface area contributed by atoms with Gasteiger partial charge in [0.15, 0.2) is 5.96 Å². The number of thiazole rings is 1. The minimum atomic E-state index is 0. The summed E-state index contributed by atoms with van der Waals surface area (Å²) < 4.78 is 0. The molecule has 2 aliphatic rings. The lowest BCUT2D eigenvalue weighted by Crippen LogP contribution is -2.49. The van der Waals surface area contributed by atoms with Gasteiger partial charge in [0.05, 0.1) is 17.2 Å². The minimum Gasteiger partial charge on any atom is -0.357 e. The monoisotopic (exact) mass is 463 g/mol. The molecule has 0 aromatic carbocycles. The van der Waals surface area contributed by atoms with Gasteiger partial charge in [-0.05, 0) is 39.0 Å². The lowest BCUT2D eigenvalue weighted by atomic mass is 10.1. The van der Waals surface area contributed by atoms with E-state index in [0.717, 1.165) is 30.7 Å². The summed E-state index contributed by atoms with van der Waals surface area (Å²) >= 11 is 1.73. The Morgan fingerprint density at radius 2 is 2.04 bits per heavy atom. The van der Waals surface area contributed by atoms with Gasteiger partial charge in [0.25, 0.3) is 0 Å². The second kappa shape index (κ2) is 9.91. The van der Waals surface area contributed by atoms with Gasteiger partial charge in [-0.2, -0.15) is 0 Å². The van der Waals surface area contributed by atoms with E-state index in [-0.39, 0.29) is 24.0 Å². The van der Waals surface area contributed by atoms with Crippen molar-refractivity contribution in [3.63, 3.8) is 0 Å². The smallest absolute Gasteiger partial charge is 0.191 e. The Morgan fingerprint density at radius 1 is 1.29 bits per heavy atom. The Morgan fingerprint density at radius 3 is 2.62 bits per heavy atom. The van der Waals surface area contributed by atoms with Crippen molar-refractivity contribution in [3.05, 3.63) is 16.1 Å². The molecule has 2 N–H and O–H groups in total. The van der Waals surface area contributed by atoms with E-state index in [2.05, 4.69) is 39.7 Å². The number of nitrogens with zero attached hydrogens (tertiary/aromatic N) is 3. The molecule has 5 nitrogen and oxygen atoms in total. The Bertz CT molecular complexity index is 521. The van der Waals surface area contributed by atoms with E-state index < -0.39 is 0 Å². The van der Waals surface area contributed by atoms with E-state index in [1.807, 2.05) is 0 Å². The van der Waals surface area contributed by atoms with Gasteiger partial charge in [-0.25, -0.2) is 9.98 Å². The van der Waals surface area contributed by atoms with Crippen LogP contribution in [0.4, 0.5) is 0 Å². The van der Waals surface area contributed by atoms with Gasteiger partial charge in [-0.15, -0.1) is 35.3 Å². The fourth-order valence-corrected chi connectivity index (χ4v) is 3.84. The van der Waals surface area contributed by atoms with Crippen molar-refractivity contribution in [2.24, 2.45) is 4.99 Å². The van der Waals surface area contributed by atoms with Crippen LogP contribution < -0.4 is 10.6 Å². The Labute approximate surface area is 166 Å². The molecule has 7 heteroatoms. The molecule has 3 rings (SSSR count). The first-order valence-corrected chi connectivity index (χ1v) is 9.88. The number of halogens is 1. The maximum absolute atomic E-state index is 4.72. The average molecular weight is 463 g/mol. The van der Waals surface area contributed by atoms with Crippen molar-refractivity contribution in [1.82, 2.24) is 20.5 Å². The van der Waals surface area contributed by atoms with Crippen molar-refractivity contribution in [1.29, 1.82) is 0 Å². The third-order valence-electron chi connectivity index (χ3n) is 4.58. The molecule has 1 aliphatic heterocycles. The van der Waals surface area contributed by atoms with Gasteiger partial charge >= 0.3 is 0 Å². The number of guanidine groups is 1. The molecule has 2 heterocycles. The SMILES string of the molecule is CCNC(=NCc1csc(CC)n1)NC1CCN(C2CC2)CC1.I. The predicted molar refractivity (Wildman–Crippen MR) is 112 cm³/mol. The molecule has 0 radical (unpaired) electrons. The van der Waals surface area contributed by atoms with Crippen molar-refractivity contribution < 1.29 is 0 Å². The highest BCUT2D eigenvalue weighted by atomic mass is 127. The zero-order valence-electron chi connectivity index (χ0n) is 14.8. The zero-order chi connectivity index (χ0) is 16.1. The molecule has 1 aromatic rings. The van der Waals surface area contributed by atoms with Crippen LogP contribution in [0.3, 0.4) is 0 Å². The molecule has 2 fully saturated rings. The van der Waals surface area contributed by atoms with Crippen LogP contribution in [0.15, 0.2) is 10.4 Å². The van der Waals surface area contributed by atoms with E-state index >= 15 is 0 Å².